The van der Waals surface area contributed by atoms with E-state index in [0.29, 0.717) is 30.0 Å². The third-order valence-corrected chi connectivity index (χ3v) is 8.01. The lowest BCUT2D eigenvalue weighted by Gasteiger charge is -2.28. The highest BCUT2D eigenvalue weighted by Gasteiger charge is 2.23. The number of sulfonamides is 1. The van der Waals surface area contributed by atoms with Crippen LogP contribution in [-0.2, 0) is 14.8 Å². The molecular weight excluding hydrogens is 476 g/mol. The lowest BCUT2D eigenvalue weighted by atomic mass is 9.82. The number of anilines is 3. The average Bonchev–Trinajstić information content (AvgIpc) is 2.86. The summed E-state index contributed by atoms with van der Waals surface area (Å²) in [6, 6.07) is 14.2. The van der Waals surface area contributed by atoms with Crippen molar-refractivity contribution in [3.8, 4) is 0 Å². The van der Waals surface area contributed by atoms with Crippen molar-refractivity contribution in [3.63, 3.8) is 0 Å². The molecule has 0 unspecified atom stereocenters. The van der Waals surface area contributed by atoms with Gasteiger partial charge in [-0.05, 0) is 73.9 Å². The number of benzene rings is 2. The largest absolute Gasteiger partial charge is 0.362 e. The zero-order valence-corrected chi connectivity index (χ0v) is 21.8. The van der Waals surface area contributed by atoms with Crippen molar-refractivity contribution in [2.45, 2.75) is 37.5 Å². The summed E-state index contributed by atoms with van der Waals surface area (Å²) in [6.07, 6.45) is 3.99. The normalized spacial score (nSPS) is 18.1. The van der Waals surface area contributed by atoms with Gasteiger partial charge in [0.1, 0.15) is 5.82 Å². The topological polar surface area (TPSA) is 116 Å². The molecule has 1 aliphatic rings. The fourth-order valence-corrected chi connectivity index (χ4v) is 5.70. The Kier molecular flexibility index (Phi) is 8.05. The fraction of sp³-hybridized carbons (Fsp3) is 0.423. The van der Waals surface area contributed by atoms with Crippen LogP contribution >= 0.6 is 0 Å². The predicted molar refractivity (Wildman–Crippen MR) is 144 cm³/mol. The number of hydrogen-bond donors (Lipinski definition) is 3. The zero-order chi connectivity index (χ0) is 25.7. The highest BCUT2D eigenvalue weighted by atomic mass is 32.2. The monoisotopic (exact) mass is 510 g/mol. The van der Waals surface area contributed by atoms with Crippen LogP contribution in [0.4, 0.5) is 17.5 Å². The maximum Gasteiger partial charge on any atom is 0.240 e. The molecule has 0 bridgehead atoms. The lowest BCUT2D eigenvalue weighted by molar-refractivity contribution is -0.114. The first-order valence-corrected chi connectivity index (χ1v) is 13.7. The van der Waals surface area contributed by atoms with Crippen molar-refractivity contribution < 1.29 is 13.2 Å². The summed E-state index contributed by atoms with van der Waals surface area (Å²) in [7, 11) is 0.373. The number of para-hydroxylation sites is 1. The van der Waals surface area contributed by atoms with E-state index in [0.717, 1.165) is 48.9 Å². The third-order valence-electron chi connectivity index (χ3n) is 6.57. The van der Waals surface area contributed by atoms with Gasteiger partial charge in [0, 0.05) is 45.2 Å². The minimum atomic E-state index is -3.59. The number of aromatic nitrogens is 2. The molecule has 10 heteroatoms. The van der Waals surface area contributed by atoms with E-state index in [1.807, 2.05) is 43.3 Å². The maximum atomic E-state index is 12.7. The Balaban J connectivity index is 1.26. The van der Waals surface area contributed by atoms with Gasteiger partial charge in [-0.1, -0.05) is 12.1 Å². The van der Waals surface area contributed by atoms with Crippen LogP contribution in [0, 0.1) is 11.8 Å². The number of carbonyl (C=O) groups excluding carboxylic acids is 1. The van der Waals surface area contributed by atoms with Crippen molar-refractivity contribution in [1.82, 2.24) is 14.7 Å². The Morgan fingerprint density at radius 3 is 2.22 bits per heavy atom. The first-order valence-electron chi connectivity index (χ1n) is 12.3. The second-order valence-electron chi connectivity index (χ2n) is 9.61. The minimum absolute atomic E-state index is 0.196. The summed E-state index contributed by atoms with van der Waals surface area (Å²) in [5.41, 5.74) is 1.49. The van der Waals surface area contributed by atoms with Gasteiger partial charge in [0.15, 0.2) is 0 Å². The van der Waals surface area contributed by atoms with Crippen molar-refractivity contribution in [1.29, 1.82) is 0 Å². The van der Waals surface area contributed by atoms with E-state index in [9.17, 15) is 13.2 Å². The van der Waals surface area contributed by atoms with Crippen LogP contribution in [0.2, 0.25) is 0 Å². The summed E-state index contributed by atoms with van der Waals surface area (Å²) in [5.74, 6) is 2.14. The smallest absolute Gasteiger partial charge is 0.240 e. The molecule has 0 radical (unpaired) electrons. The number of rotatable bonds is 9. The molecule has 2 aromatic carbocycles. The fourth-order valence-electron chi connectivity index (χ4n) is 4.59. The van der Waals surface area contributed by atoms with Crippen LogP contribution in [0.15, 0.2) is 53.4 Å². The van der Waals surface area contributed by atoms with Crippen molar-refractivity contribution in [2.75, 3.05) is 42.7 Å². The van der Waals surface area contributed by atoms with Crippen LogP contribution < -0.4 is 20.3 Å². The van der Waals surface area contributed by atoms with E-state index in [-0.39, 0.29) is 10.8 Å². The molecular formula is C26H34N6O3S. The third kappa shape index (κ3) is 6.50. The summed E-state index contributed by atoms with van der Waals surface area (Å²) < 4.78 is 28.1. The second-order valence-corrected chi connectivity index (χ2v) is 11.4. The summed E-state index contributed by atoms with van der Waals surface area (Å²) >= 11 is 0. The summed E-state index contributed by atoms with van der Waals surface area (Å²) in [4.78, 5) is 22.7. The molecule has 1 saturated carbocycles. The molecule has 3 aromatic rings. The van der Waals surface area contributed by atoms with Gasteiger partial charge in [-0.25, -0.2) is 18.1 Å². The van der Waals surface area contributed by atoms with Crippen molar-refractivity contribution in [2.24, 2.45) is 11.8 Å². The van der Waals surface area contributed by atoms with E-state index < -0.39 is 10.0 Å². The number of amides is 1. The molecule has 0 atom stereocenters. The van der Waals surface area contributed by atoms with Gasteiger partial charge in [0.25, 0.3) is 0 Å². The molecule has 1 amide bonds. The highest BCUT2D eigenvalue weighted by molar-refractivity contribution is 7.89. The van der Waals surface area contributed by atoms with Crippen molar-refractivity contribution in [3.05, 3.63) is 48.5 Å². The molecule has 1 aliphatic carbocycles. The van der Waals surface area contributed by atoms with Crippen LogP contribution in [0.25, 0.3) is 10.9 Å². The van der Waals surface area contributed by atoms with Gasteiger partial charge in [-0.2, -0.15) is 4.98 Å². The van der Waals surface area contributed by atoms with E-state index in [2.05, 4.69) is 20.3 Å². The molecule has 36 heavy (non-hydrogen) atoms. The molecule has 3 N–H and O–H groups in total. The Bertz CT molecular complexity index is 1300. The molecule has 1 heterocycles. The highest BCUT2D eigenvalue weighted by Crippen LogP contribution is 2.29. The lowest BCUT2D eigenvalue weighted by Crippen LogP contribution is -2.32. The van der Waals surface area contributed by atoms with Gasteiger partial charge < -0.3 is 15.5 Å². The molecule has 1 fully saturated rings. The predicted octanol–water partition coefficient (Wildman–Crippen LogP) is 3.85. The van der Waals surface area contributed by atoms with Gasteiger partial charge in [0.05, 0.1) is 10.4 Å². The average molecular weight is 511 g/mol. The van der Waals surface area contributed by atoms with Gasteiger partial charge in [-0.15, -0.1) is 0 Å². The van der Waals surface area contributed by atoms with Crippen molar-refractivity contribution >= 4 is 44.3 Å². The molecule has 4 rings (SSSR count). The molecule has 1 aromatic heterocycles. The Morgan fingerprint density at radius 1 is 0.944 bits per heavy atom. The van der Waals surface area contributed by atoms with Crippen LogP contribution in [0.5, 0.6) is 0 Å². The molecule has 9 nitrogen and oxygen atoms in total. The first kappa shape index (κ1) is 25.8. The number of nitrogens with one attached hydrogen (secondary N) is 3. The van der Waals surface area contributed by atoms with E-state index in [4.69, 9.17) is 4.98 Å². The first-order chi connectivity index (χ1) is 17.2. The summed E-state index contributed by atoms with van der Waals surface area (Å²) in [5, 5.41) is 7.09. The SMILES string of the molecule is CC(=O)Nc1ccc(S(=O)(=O)NC[C@H]2CC[C@H](CNc3nc(N(C)C)c4ccccc4n3)CC2)cc1. The van der Waals surface area contributed by atoms with E-state index >= 15 is 0 Å². The number of fused-ring (bicyclic) bond motifs is 1. The van der Waals surface area contributed by atoms with Crippen LogP contribution in [-0.4, -0.2) is 51.5 Å². The maximum absolute atomic E-state index is 12.7. The number of carbonyl (C=O) groups is 1. The molecule has 192 valence electrons. The number of hydrogen-bond acceptors (Lipinski definition) is 7. The molecule has 0 spiro atoms. The summed E-state index contributed by atoms with van der Waals surface area (Å²) in [6.45, 7) is 2.63. The quantitative estimate of drug-likeness (QED) is 0.400. The Hall–Kier alpha value is -3.24. The minimum Gasteiger partial charge on any atom is -0.362 e. The molecule has 0 saturated heterocycles. The van der Waals surface area contributed by atoms with E-state index in [1.54, 1.807) is 12.1 Å². The van der Waals surface area contributed by atoms with E-state index in [1.165, 1.54) is 19.1 Å². The Labute approximate surface area is 212 Å². The molecule has 0 aliphatic heterocycles. The van der Waals surface area contributed by atoms with Crippen LogP contribution in [0.1, 0.15) is 32.6 Å². The van der Waals surface area contributed by atoms with Gasteiger partial charge in [-0.3, -0.25) is 4.79 Å². The second kappa shape index (κ2) is 11.2. The zero-order valence-electron chi connectivity index (χ0n) is 21.0. The van der Waals surface area contributed by atoms with Gasteiger partial charge >= 0.3 is 0 Å². The standard InChI is InChI=1S/C26H34N6O3S/c1-18(33)29-21-12-14-22(15-13-21)36(34,35)28-17-20-10-8-19(9-11-20)16-27-26-30-24-7-5-4-6-23(24)25(31-26)32(2)3/h4-7,12-15,19-20,28H,8-11,16-17H2,1-3H3,(H,29,33)(H,27,30,31)/t19-,20-. The van der Waals surface area contributed by atoms with Gasteiger partial charge in [0.2, 0.25) is 21.9 Å². The van der Waals surface area contributed by atoms with Crippen LogP contribution in [0.3, 0.4) is 0 Å². The number of nitrogens with zero attached hydrogens (tertiary/aromatic N) is 3. The Morgan fingerprint density at radius 2 is 1.58 bits per heavy atom.